The lowest BCUT2D eigenvalue weighted by atomic mass is 10.1. The number of esters is 1. The van der Waals surface area contributed by atoms with E-state index in [-0.39, 0.29) is 11.6 Å². The van der Waals surface area contributed by atoms with Crippen molar-refractivity contribution >= 4 is 40.1 Å². The Bertz CT molecular complexity index is 625. The fourth-order valence-corrected chi connectivity index (χ4v) is 1.66. The summed E-state index contributed by atoms with van der Waals surface area (Å²) < 4.78 is 4.95. The molecule has 1 aromatic heterocycles. The van der Waals surface area contributed by atoms with Gasteiger partial charge in [-0.05, 0) is 30.3 Å². The maximum atomic E-state index is 11.7. The number of halogens is 2. The van der Waals surface area contributed by atoms with Gasteiger partial charge in [-0.15, -0.1) is 0 Å². The van der Waals surface area contributed by atoms with Crippen LogP contribution in [0.2, 0.25) is 5.15 Å². The first kappa shape index (κ1) is 12.9. The predicted molar refractivity (Wildman–Crippen MR) is 72.0 cm³/mol. The zero-order chi connectivity index (χ0) is 13.1. The third-order valence-corrected chi connectivity index (χ3v) is 2.57. The topological polar surface area (TPSA) is 39.2 Å². The number of carbonyl (C=O) groups is 1. The molecule has 0 unspecified atom stereocenters. The molecule has 2 aromatic rings. The van der Waals surface area contributed by atoms with Gasteiger partial charge in [0.2, 0.25) is 0 Å². The Morgan fingerprint density at radius 1 is 1.33 bits per heavy atom. The molecule has 0 amide bonds. The minimum atomic E-state index is -0.450. The Morgan fingerprint density at radius 2 is 2.11 bits per heavy atom. The van der Waals surface area contributed by atoms with Gasteiger partial charge in [-0.3, -0.25) is 0 Å². The highest BCUT2D eigenvalue weighted by molar-refractivity contribution is 6.30. The third kappa shape index (κ3) is 3.00. The molecule has 0 atom stereocenters. The number of benzene rings is 1. The molecular formula is C13H9Cl2NO2. The second kappa shape index (κ2) is 5.38. The van der Waals surface area contributed by atoms with Gasteiger partial charge in [-0.25, -0.2) is 9.78 Å². The van der Waals surface area contributed by atoms with Crippen molar-refractivity contribution in [2.75, 3.05) is 6.61 Å². The van der Waals surface area contributed by atoms with Gasteiger partial charge in [0.15, 0.2) is 0 Å². The molecule has 0 aliphatic rings. The smallest absolute Gasteiger partial charge is 0.338 e. The van der Waals surface area contributed by atoms with Crippen LogP contribution in [0.3, 0.4) is 0 Å². The first-order chi connectivity index (χ1) is 8.56. The van der Waals surface area contributed by atoms with Crippen LogP contribution in [0, 0.1) is 0 Å². The summed E-state index contributed by atoms with van der Waals surface area (Å²) >= 11 is 11.3. The SMILES string of the molecule is C=C(Cl)COC(=O)c1ccc2nc(Cl)ccc2c1. The summed E-state index contributed by atoms with van der Waals surface area (Å²) in [4.78, 5) is 15.8. The number of fused-ring (bicyclic) bond motifs is 1. The Labute approximate surface area is 114 Å². The van der Waals surface area contributed by atoms with E-state index in [1.165, 1.54) is 0 Å². The molecule has 0 N–H and O–H groups in total. The van der Waals surface area contributed by atoms with Crippen LogP contribution in [-0.2, 0) is 4.74 Å². The first-order valence-electron chi connectivity index (χ1n) is 5.13. The van der Waals surface area contributed by atoms with E-state index >= 15 is 0 Å². The molecular weight excluding hydrogens is 273 g/mol. The molecule has 92 valence electrons. The fourth-order valence-electron chi connectivity index (χ4n) is 1.45. The lowest BCUT2D eigenvalue weighted by Gasteiger charge is -2.04. The minimum absolute atomic E-state index is 0.00268. The summed E-state index contributed by atoms with van der Waals surface area (Å²) in [6, 6.07) is 8.50. The molecule has 0 bridgehead atoms. The molecule has 1 aromatic carbocycles. The van der Waals surface area contributed by atoms with Gasteiger partial charge in [0.05, 0.1) is 11.1 Å². The third-order valence-electron chi connectivity index (χ3n) is 2.25. The second-order valence-corrected chi connectivity index (χ2v) is 4.56. The largest absolute Gasteiger partial charge is 0.456 e. The second-order valence-electron chi connectivity index (χ2n) is 3.63. The van der Waals surface area contributed by atoms with E-state index in [1.54, 1.807) is 30.3 Å². The molecule has 0 spiro atoms. The fraction of sp³-hybridized carbons (Fsp3) is 0.0769. The zero-order valence-electron chi connectivity index (χ0n) is 9.32. The van der Waals surface area contributed by atoms with Crippen molar-refractivity contribution in [3.63, 3.8) is 0 Å². The van der Waals surface area contributed by atoms with Crippen molar-refractivity contribution in [3.8, 4) is 0 Å². The van der Waals surface area contributed by atoms with Crippen LogP contribution in [0.15, 0.2) is 41.9 Å². The molecule has 0 fully saturated rings. The number of hydrogen-bond donors (Lipinski definition) is 0. The van der Waals surface area contributed by atoms with E-state index in [0.29, 0.717) is 10.7 Å². The summed E-state index contributed by atoms with van der Waals surface area (Å²) in [5.74, 6) is -0.450. The van der Waals surface area contributed by atoms with Crippen LogP contribution < -0.4 is 0 Å². The summed E-state index contributed by atoms with van der Waals surface area (Å²) in [6.07, 6.45) is 0. The van der Waals surface area contributed by atoms with Crippen molar-refractivity contribution in [1.29, 1.82) is 0 Å². The van der Waals surface area contributed by atoms with Gasteiger partial charge in [0, 0.05) is 10.4 Å². The van der Waals surface area contributed by atoms with Crippen molar-refractivity contribution < 1.29 is 9.53 Å². The van der Waals surface area contributed by atoms with E-state index in [9.17, 15) is 4.79 Å². The molecule has 0 saturated carbocycles. The summed E-state index contributed by atoms with van der Waals surface area (Å²) in [6.45, 7) is 3.44. The number of pyridine rings is 1. The molecule has 0 aliphatic carbocycles. The first-order valence-corrected chi connectivity index (χ1v) is 5.88. The van der Waals surface area contributed by atoms with Crippen molar-refractivity contribution in [2.45, 2.75) is 0 Å². The predicted octanol–water partition coefficient (Wildman–Crippen LogP) is 3.80. The maximum absolute atomic E-state index is 11.7. The van der Waals surface area contributed by atoms with Gasteiger partial charge in [-0.2, -0.15) is 0 Å². The van der Waals surface area contributed by atoms with E-state index in [2.05, 4.69) is 11.6 Å². The number of carbonyl (C=O) groups excluding carboxylic acids is 1. The highest BCUT2D eigenvalue weighted by Crippen LogP contribution is 2.17. The Kier molecular flexibility index (Phi) is 3.84. The summed E-state index contributed by atoms with van der Waals surface area (Å²) in [5.41, 5.74) is 1.16. The average Bonchev–Trinajstić information content (AvgIpc) is 2.35. The molecule has 0 radical (unpaired) electrons. The molecule has 0 aliphatic heterocycles. The van der Waals surface area contributed by atoms with Crippen LogP contribution in [0.4, 0.5) is 0 Å². The molecule has 2 rings (SSSR count). The van der Waals surface area contributed by atoms with Gasteiger partial charge >= 0.3 is 5.97 Å². The Hall–Kier alpha value is -1.58. The highest BCUT2D eigenvalue weighted by Gasteiger charge is 2.08. The van der Waals surface area contributed by atoms with Crippen molar-refractivity contribution in [1.82, 2.24) is 4.98 Å². The van der Waals surface area contributed by atoms with Gasteiger partial charge < -0.3 is 4.74 Å². The van der Waals surface area contributed by atoms with Crippen LogP contribution in [0.1, 0.15) is 10.4 Å². The number of ether oxygens (including phenoxy) is 1. The standard InChI is InChI=1S/C13H9Cl2NO2/c1-8(14)7-18-13(17)10-2-4-11-9(6-10)3-5-12(15)16-11/h2-6H,1,7H2. The molecule has 3 nitrogen and oxygen atoms in total. The number of rotatable bonds is 3. The zero-order valence-corrected chi connectivity index (χ0v) is 10.8. The van der Waals surface area contributed by atoms with Gasteiger partial charge in [0.25, 0.3) is 0 Å². The Balaban J connectivity index is 2.27. The lowest BCUT2D eigenvalue weighted by molar-refractivity contribution is 0.0546. The minimum Gasteiger partial charge on any atom is -0.456 e. The van der Waals surface area contributed by atoms with E-state index in [4.69, 9.17) is 27.9 Å². The Morgan fingerprint density at radius 3 is 2.83 bits per heavy atom. The molecule has 0 saturated heterocycles. The highest BCUT2D eigenvalue weighted by atomic mass is 35.5. The average molecular weight is 282 g/mol. The monoisotopic (exact) mass is 281 g/mol. The summed E-state index contributed by atoms with van der Waals surface area (Å²) in [7, 11) is 0. The quantitative estimate of drug-likeness (QED) is 0.635. The van der Waals surface area contributed by atoms with Crippen molar-refractivity contribution in [3.05, 3.63) is 52.7 Å². The summed E-state index contributed by atoms with van der Waals surface area (Å²) in [5, 5.41) is 1.51. The number of hydrogen-bond acceptors (Lipinski definition) is 3. The maximum Gasteiger partial charge on any atom is 0.338 e. The van der Waals surface area contributed by atoms with Crippen molar-refractivity contribution in [2.24, 2.45) is 0 Å². The number of nitrogens with zero attached hydrogens (tertiary/aromatic N) is 1. The van der Waals surface area contributed by atoms with Crippen LogP contribution in [0.5, 0.6) is 0 Å². The molecule has 1 heterocycles. The molecule has 18 heavy (non-hydrogen) atoms. The van der Waals surface area contributed by atoms with E-state index in [0.717, 1.165) is 10.9 Å². The normalized spacial score (nSPS) is 10.3. The molecule has 5 heteroatoms. The number of aromatic nitrogens is 1. The van der Waals surface area contributed by atoms with Crippen LogP contribution in [0.25, 0.3) is 10.9 Å². The van der Waals surface area contributed by atoms with Crippen LogP contribution in [-0.4, -0.2) is 17.6 Å². The lowest BCUT2D eigenvalue weighted by Crippen LogP contribution is -2.06. The van der Waals surface area contributed by atoms with Crippen LogP contribution >= 0.6 is 23.2 Å². The van der Waals surface area contributed by atoms with E-state index < -0.39 is 5.97 Å². The van der Waals surface area contributed by atoms with Gasteiger partial charge in [-0.1, -0.05) is 29.8 Å². The van der Waals surface area contributed by atoms with E-state index in [1.807, 2.05) is 0 Å². The van der Waals surface area contributed by atoms with Gasteiger partial charge in [0.1, 0.15) is 11.8 Å².